The van der Waals surface area contributed by atoms with E-state index in [4.69, 9.17) is 0 Å². The number of nitroso groups, excluding NO2 is 1. The third-order valence-corrected chi connectivity index (χ3v) is 4.54. The Balaban J connectivity index is 1.74. The maximum atomic E-state index is 12.5. The summed E-state index contributed by atoms with van der Waals surface area (Å²) in [7, 11) is 0. The Labute approximate surface area is 158 Å². The van der Waals surface area contributed by atoms with Crippen LogP contribution in [0.1, 0.15) is 37.9 Å². The minimum Gasteiger partial charge on any atom is -0.329 e. The fraction of sp³-hybridized carbons (Fsp3) is 0.238. The Morgan fingerprint density at radius 1 is 1.11 bits per heavy atom. The minimum absolute atomic E-state index is 0.317. The van der Waals surface area contributed by atoms with Gasteiger partial charge in [-0.25, -0.2) is 4.79 Å². The molecule has 0 aliphatic heterocycles. The summed E-state index contributed by atoms with van der Waals surface area (Å²) in [6.07, 6.45) is 1.72. The third kappa shape index (κ3) is 4.28. The van der Waals surface area contributed by atoms with Crippen LogP contribution in [-0.4, -0.2) is 11.0 Å². The van der Waals surface area contributed by atoms with E-state index in [-0.39, 0.29) is 6.03 Å². The van der Waals surface area contributed by atoms with Gasteiger partial charge in [0.15, 0.2) is 0 Å². The van der Waals surface area contributed by atoms with Crippen LogP contribution >= 0.6 is 0 Å². The highest BCUT2D eigenvalue weighted by atomic mass is 16.3. The monoisotopic (exact) mass is 362 g/mol. The number of carbonyl (C=O) groups is 1. The van der Waals surface area contributed by atoms with Gasteiger partial charge in [0.1, 0.15) is 6.04 Å². The molecule has 6 nitrogen and oxygen atoms in total. The first-order valence-electron chi connectivity index (χ1n) is 8.76. The van der Waals surface area contributed by atoms with Crippen LogP contribution in [0.5, 0.6) is 0 Å². The van der Waals surface area contributed by atoms with Gasteiger partial charge in [-0.1, -0.05) is 41.6 Å². The third-order valence-electron chi connectivity index (χ3n) is 4.54. The van der Waals surface area contributed by atoms with E-state index in [0.29, 0.717) is 5.69 Å². The lowest BCUT2D eigenvalue weighted by molar-refractivity contribution is 0.242. The second-order valence-corrected chi connectivity index (χ2v) is 7.02. The Morgan fingerprint density at radius 2 is 1.93 bits per heavy atom. The smallest absolute Gasteiger partial charge is 0.319 e. The quantitative estimate of drug-likeness (QED) is 0.618. The molecule has 1 atom stereocenters. The van der Waals surface area contributed by atoms with Gasteiger partial charge in [-0.15, -0.1) is 0 Å². The molecule has 138 valence electrons. The first-order chi connectivity index (χ1) is 12.9. The SMILES string of the molecule is CC(N=O)c1cccc(C(C)(C)NC(=O)Nc2ccc3cccnc3c2)c1. The molecule has 2 aromatic carbocycles. The van der Waals surface area contributed by atoms with Gasteiger partial charge < -0.3 is 10.6 Å². The molecule has 1 aromatic heterocycles. The van der Waals surface area contributed by atoms with Gasteiger partial charge >= 0.3 is 6.03 Å². The molecule has 6 heteroatoms. The van der Waals surface area contributed by atoms with Crippen LogP contribution < -0.4 is 10.6 Å². The molecule has 0 spiro atoms. The van der Waals surface area contributed by atoms with Crippen molar-refractivity contribution >= 4 is 22.6 Å². The van der Waals surface area contributed by atoms with E-state index >= 15 is 0 Å². The number of amides is 2. The molecule has 3 rings (SSSR count). The summed E-state index contributed by atoms with van der Waals surface area (Å²) >= 11 is 0. The predicted molar refractivity (Wildman–Crippen MR) is 108 cm³/mol. The van der Waals surface area contributed by atoms with Crippen molar-refractivity contribution in [3.63, 3.8) is 0 Å². The van der Waals surface area contributed by atoms with E-state index in [1.807, 2.05) is 68.4 Å². The molecule has 0 bridgehead atoms. The molecule has 0 radical (unpaired) electrons. The number of nitrogens with one attached hydrogen (secondary N) is 2. The van der Waals surface area contributed by atoms with Gasteiger partial charge in [0.2, 0.25) is 0 Å². The van der Waals surface area contributed by atoms with Crippen LogP contribution in [0.3, 0.4) is 0 Å². The van der Waals surface area contributed by atoms with Crippen molar-refractivity contribution in [2.24, 2.45) is 5.18 Å². The highest BCUT2D eigenvalue weighted by Crippen LogP contribution is 2.25. The number of rotatable bonds is 5. The second-order valence-electron chi connectivity index (χ2n) is 7.02. The number of urea groups is 1. The van der Waals surface area contributed by atoms with Crippen molar-refractivity contribution in [3.05, 3.63) is 76.8 Å². The summed E-state index contributed by atoms with van der Waals surface area (Å²) in [5.41, 5.74) is 2.57. The maximum absolute atomic E-state index is 12.5. The van der Waals surface area contributed by atoms with Crippen LogP contribution in [0.2, 0.25) is 0 Å². The van der Waals surface area contributed by atoms with Crippen molar-refractivity contribution in [1.82, 2.24) is 10.3 Å². The molecular weight excluding hydrogens is 340 g/mol. The number of carbonyl (C=O) groups excluding carboxylic acids is 1. The Bertz CT molecular complexity index is 985. The largest absolute Gasteiger partial charge is 0.329 e. The molecule has 0 fully saturated rings. The van der Waals surface area contributed by atoms with E-state index < -0.39 is 11.6 Å². The van der Waals surface area contributed by atoms with Gasteiger partial charge in [0, 0.05) is 17.3 Å². The van der Waals surface area contributed by atoms with Crippen LogP contribution in [0.4, 0.5) is 10.5 Å². The number of anilines is 1. The van der Waals surface area contributed by atoms with Gasteiger partial charge in [-0.2, -0.15) is 4.91 Å². The molecule has 2 N–H and O–H groups in total. The van der Waals surface area contributed by atoms with Crippen LogP contribution in [0.25, 0.3) is 10.9 Å². The standard InChI is InChI=1S/C21H22N4O2/c1-14(25-27)16-6-4-8-17(12-16)21(2,3)24-20(26)23-18-10-9-15-7-5-11-22-19(15)13-18/h4-14H,1-3H3,(H2,23,24,26). The van der Waals surface area contributed by atoms with E-state index in [2.05, 4.69) is 20.8 Å². The Morgan fingerprint density at radius 3 is 2.70 bits per heavy atom. The van der Waals surface area contributed by atoms with Gasteiger partial charge in [-0.05, 0) is 50.1 Å². The summed E-state index contributed by atoms with van der Waals surface area (Å²) in [5.74, 6) is 0. The number of fused-ring (bicyclic) bond motifs is 1. The maximum Gasteiger partial charge on any atom is 0.319 e. The highest BCUT2D eigenvalue weighted by molar-refractivity contribution is 5.92. The van der Waals surface area contributed by atoms with Crippen molar-refractivity contribution in [3.8, 4) is 0 Å². The zero-order valence-electron chi connectivity index (χ0n) is 15.6. The molecule has 0 saturated carbocycles. The first kappa shape index (κ1) is 18.5. The molecule has 3 aromatic rings. The van der Waals surface area contributed by atoms with Crippen molar-refractivity contribution in [2.45, 2.75) is 32.4 Å². The predicted octanol–water partition coefficient (Wildman–Crippen LogP) is 5.12. The lowest BCUT2D eigenvalue weighted by atomic mass is 9.92. The van der Waals surface area contributed by atoms with Gasteiger partial charge in [0.25, 0.3) is 0 Å². The number of pyridine rings is 1. The molecule has 2 amide bonds. The lowest BCUT2D eigenvalue weighted by Gasteiger charge is -2.27. The van der Waals surface area contributed by atoms with E-state index in [9.17, 15) is 9.70 Å². The summed E-state index contributed by atoms with van der Waals surface area (Å²) in [6, 6.07) is 16.2. The molecule has 0 aliphatic carbocycles. The zero-order valence-corrected chi connectivity index (χ0v) is 15.6. The molecule has 1 heterocycles. The van der Waals surface area contributed by atoms with E-state index in [1.54, 1.807) is 13.1 Å². The zero-order chi connectivity index (χ0) is 19.4. The van der Waals surface area contributed by atoms with Gasteiger partial charge in [0.05, 0.1) is 11.1 Å². The topological polar surface area (TPSA) is 83.5 Å². The molecule has 0 aliphatic rings. The Kier molecular flexibility index (Phi) is 5.16. The number of nitrogens with zero attached hydrogens (tertiary/aromatic N) is 2. The normalized spacial score (nSPS) is 12.4. The number of hydrogen-bond donors (Lipinski definition) is 2. The molecular formula is C21H22N4O2. The second kappa shape index (κ2) is 7.53. The highest BCUT2D eigenvalue weighted by Gasteiger charge is 2.24. The molecule has 0 saturated heterocycles. The number of hydrogen-bond acceptors (Lipinski definition) is 4. The fourth-order valence-electron chi connectivity index (χ4n) is 2.91. The summed E-state index contributed by atoms with van der Waals surface area (Å²) in [4.78, 5) is 27.6. The van der Waals surface area contributed by atoms with E-state index in [1.165, 1.54) is 0 Å². The molecule has 1 unspecified atom stereocenters. The van der Waals surface area contributed by atoms with Crippen molar-refractivity contribution in [1.29, 1.82) is 0 Å². The van der Waals surface area contributed by atoms with Crippen molar-refractivity contribution < 1.29 is 4.79 Å². The number of benzene rings is 2. The first-order valence-corrected chi connectivity index (χ1v) is 8.76. The van der Waals surface area contributed by atoms with Gasteiger partial charge in [-0.3, -0.25) is 4.98 Å². The summed E-state index contributed by atoms with van der Waals surface area (Å²) < 4.78 is 0. The van der Waals surface area contributed by atoms with E-state index in [0.717, 1.165) is 22.0 Å². The molecule has 27 heavy (non-hydrogen) atoms. The Hall–Kier alpha value is -3.28. The number of aromatic nitrogens is 1. The summed E-state index contributed by atoms with van der Waals surface area (Å²) in [6.45, 7) is 5.56. The van der Waals surface area contributed by atoms with Crippen molar-refractivity contribution in [2.75, 3.05) is 5.32 Å². The average Bonchev–Trinajstić information content (AvgIpc) is 2.67. The van der Waals surface area contributed by atoms with Crippen LogP contribution in [0, 0.1) is 4.91 Å². The average molecular weight is 362 g/mol. The minimum atomic E-state index is -0.627. The lowest BCUT2D eigenvalue weighted by Crippen LogP contribution is -2.43. The van der Waals surface area contributed by atoms with Crippen LogP contribution in [-0.2, 0) is 5.54 Å². The summed E-state index contributed by atoms with van der Waals surface area (Å²) in [5, 5.41) is 9.90. The fourth-order valence-corrected chi connectivity index (χ4v) is 2.91. The van der Waals surface area contributed by atoms with Crippen LogP contribution in [0.15, 0.2) is 66.0 Å².